The van der Waals surface area contributed by atoms with Crippen LogP contribution in [0.1, 0.15) is 122 Å². The summed E-state index contributed by atoms with van der Waals surface area (Å²) in [5.74, 6) is 2.32. The van der Waals surface area contributed by atoms with Gasteiger partial charge >= 0.3 is 5.97 Å². The highest BCUT2D eigenvalue weighted by Crippen LogP contribution is 2.76. The summed E-state index contributed by atoms with van der Waals surface area (Å²) in [7, 11) is 0. The molecule has 4 saturated carbocycles. The van der Waals surface area contributed by atoms with Crippen LogP contribution in [0.15, 0.2) is 30.3 Å². The first kappa shape index (κ1) is 26.6. The lowest BCUT2D eigenvalue weighted by Gasteiger charge is -2.72. The lowest BCUT2D eigenvalue weighted by Crippen LogP contribution is -2.67. The summed E-state index contributed by atoms with van der Waals surface area (Å²) >= 11 is 0. The SMILES string of the molecule is CCNC12CCCC1C1CCC3C4(C)CC=C(c5ccc(C(=O)O)cc5)C(C)(C)C4CCC3(C)[C@]1(C)CC2. The number of hydrogen-bond donors (Lipinski definition) is 2. The number of rotatable bonds is 4. The minimum atomic E-state index is -0.847. The van der Waals surface area contributed by atoms with Crippen LogP contribution in [0.25, 0.3) is 5.57 Å². The van der Waals surface area contributed by atoms with Gasteiger partial charge in [-0.15, -0.1) is 0 Å². The van der Waals surface area contributed by atoms with Crippen molar-refractivity contribution in [2.45, 2.75) is 111 Å². The fourth-order valence-electron chi connectivity index (χ4n) is 12.1. The van der Waals surface area contributed by atoms with Gasteiger partial charge in [0.1, 0.15) is 0 Å². The van der Waals surface area contributed by atoms with E-state index in [0.29, 0.717) is 33.3 Å². The molecule has 0 heterocycles. The molecule has 4 fully saturated rings. The third-order valence-corrected chi connectivity index (χ3v) is 13.9. The summed E-state index contributed by atoms with van der Waals surface area (Å²) in [6.07, 6.45) is 16.2. The first-order valence-corrected chi connectivity index (χ1v) is 15.7. The van der Waals surface area contributed by atoms with Gasteiger partial charge in [0.2, 0.25) is 0 Å². The second-order valence-corrected chi connectivity index (χ2v) is 15.3. The first-order valence-electron chi connectivity index (χ1n) is 15.7. The van der Waals surface area contributed by atoms with Crippen LogP contribution in [-0.4, -0.2) is 23.2 Å². The predicted octanol–water partition coefficient (Wildman–Crippen LogP) is 8.60. The first-order chi connectivity index (χ1) is 17.9. The third kappa shape index (κ3) is 3.39. The summed E-state index contributed by atoms with van der Waals surface area (Å²) in [5, 5.41) is 13.4. The van der Waals surface area contributed by atoms with Gasteiger partial charge in [-0.05, 0) is 133 Å². The van der Waals surface area contributed by atoms with E-state index >= 15 is 0 Å². The van der Waals surface area contributed by atoms with Crippen LogP contribution in [0.2, 0.25) is 0 Å². The van der Waals surface area contributed by atoms with E-state index in [1.807, 2.05) is 12.1 Å². The zero-order chi connectivity index (χ0) is 27.1. The van der Waals surface area contributed by atoms with Crippen molar-refractivity contribution >= 4 is 11.5 Å². The molecule has 5 aliphatic carbocycles. The standard InChI is InChI=1S/C35H51NO2/c1-7-36-35-18-8-9-27(35)26-14-15-29-32(4)19-16-25(23-10-12-24(13-11-23)30(37)38)31(2,3)28(32)17-20-34(29,6)33(26,5)21-22-35/h10-13,16,26-29,36H,7-9,14-15,17-22H2,1-6H3,(H,37,38)/t26?,27?,28?,29?,32?,33-,34?,35?/m1/s1. The second kappa shape index (κ2) is 8.69. The zero-order valence-corrected chi connectivity index (χ0v) is 24.8. The number of nitrogens with one attached hydrogen (secondary N) is 1. The molecule has 0 spiro atoms. The van der Waals surface area contributed by atoms with E-state index < -0.39 is 5.97 Å². The Kier molecular flexibility index (Phi) is 6.09. The Bertz CT molecular complexity index is 1140. The molecule has 0 bridgehead atoms. The zero-order valence-electron chi connectivity index (χ0n) is 24.8. The molecule has 3 nitrogen and oxygen atoms in total. The van der Waals surface area contributed by atoms with Gasteiger partial charge in [0.05, 0.1) is 5.56 Å². The quantitative estimate of drug-likeness (QED) is 0.420. The molecular formula is C35H51NO2. The van der Waals surface area contributed by atoms with Gasteiger partial charge in [-0.25, -0.2) is 4.79 Å². The summed E-state index contributed by atoms with van der Waals surface area (Å²) in [6.45, 7) is 16.5. The summed E-state index contributed by atoms with van der Waals surface area (Å²) in [4.78, 5) is 11.4. The molecule has 0 amide bonds. The molecule has 8 atom stereocenters. The van der Waals surface area contributed by atoms with Gasteiger partial charge in [-0.2, -0.15) is 0 Å². The van der Waals surface area contributed by atoms with Gasteiger partial charge in [-0.1, -0.05) is 66.2 Å². The number of carbonyl (C=O) groups is 1. The minimum absolute atomic E-state index is 0.0784. The molecule has 5 aliphatic rings. The molecule has 0 aromatic heterocycles. The molecule has 1 aromatic rings. The maximum Gasteiger partial charge on any atom is 0.335 e. The van der Waals surface area contributed by atoms with Crippen LogP contribution in [0.5, 0.6) is 0 Å². The summed E-state index contributed by atoms with van der Waals surface area (Å²) in [5.41, 5.74) is 4.68. The highest BCUT2D eigenvalue weighted by Gasteiger charge is 2.69. The van der Waals surface area contributed by atoms with Crippen molar-refractivity contribution in [3.8, 4) is 0 Å². The maximum atomic E-state index is 11.4. The molecule has 3 heteroatoms. The van der Waals surface area contributed by atoms with Crippen LogP contribution in [0, 0.1) is 45.3 Å². The van der Waals surface area contributed by atoms with Crippen molar-refractivity contribution < 1.29 is 9.90 Å². The monoisotopic (exact) mass is 517 g/mol. The lowest BCUT2D eigenvalue weighted by molar-refractivity contribution is -0.216. The Hall–Kier alpha value is -1.61. The van der Waals surface area contributed by atoms with E-state index in [1.165, 1.54) is 68.9 Å². The molecular weight excluding hydrogens is 466 g/mol. The Balaban J connectivity index is 1.34. The Morgan fingerprint density at radius 1 is 0.868 bits per heavy atom. The van der Waals surface area contributed by atoms with Crippen LogP contribution < -0.4 is 5.32 Å². The van der Waals surface area contributed by atoms with Crippen molar-refractivity contribution in [1.29, 1.82) is 0 Å². The summed E-state index contributed by atoms with van der Waals surface area (Å²) in [6, 6.07) is 7.64. The fourth-order valence-corrected chi connectivity index (χ4v) is 12.1. The van der Waals surface area contributed by atoms with Crippen molar-refractivity contribution in [2.75, 3.05) is 6.54 Å². The van der Waals surface area contributed by atoms with E-state index in [4.69, 9.17) is 0 Å². The predicted molar refractivity (Wildman–Crippen MR) is 156 cm³/mol. The van der Waals surface area contributed by atoms with E-state index in [-0.39, 0.29) is 5.41 Å². The van der Waals surface area contributed by atoms with Crippen LogP contribution in [0.3, 0.4) is 0 Å². The van der Waals surface area contributed by atoms with Crippen LogP contribution >= 0.6 is 0 Å². The van der Waals surface area contributed by atoms with Crippen molar-refractivity contribution in [2.24, 2.45) is 45.3 Å². The lowest BCUT2D eigenvalue weighted by atomic mass is 9.33. The summed E-state index contributed by atoms with van der Waals surface area (Å²) < 4.78 is 0. The van der Waals surface area contributed by atoms with Crippen molar-refractivity contribution in [1.82, 2.24) is 5.32 Å². The molecule has 208 valence electrons. The number of benzene rings is 1. The molecule has 7 unspecified atom stereocenters. The van der Waals surface area contributed by atoms with Gasteiger partial charge in [0.15, 0.2) is 0 Å². The fraction of sp³-hybridized carbons (Fsp3) is 0.743. The van der Waals surface area contributed by atoms with Crippen molar-refractivity contribution in [3.63, 3.8) is 0 Å². The van der Waals surface area contributed by atoms with E-state index in [2.05, 4.69) is 52.9 Å². The van der Waals surface area contributed by atoms with Gasteiger partial charge in [0.25, 0.3) is 0 Å². The Morgan fingerprint density at radius 2 is 1.61 bits per heavy atom. The molecule has 2 N–H and O–H groups in total. The van der Waals surface area contributed by atoms with Gasteiger partial charge in [0, 0.05) is 5.54 Å². The van der Waals surface area contributed by atoms with Crippen molar-refractivity contribution in [3.05, 3.63) is 41.5 Å². The third-order valence-electron chi connectivity index (χ3n) is 13.9. The average molecular weight is 518 g/mol. The Morgan fingerprint density at radius 3 is 2.29 bits per heavy atom. The normalized spacial score (nSPS) is 45.3. The average Bonchev–Trinajstić information content (AvgIpc) is 3.28. The molecule has 6 rings (SSSR count). The maximum absolute atomic E-state index is 11.4. The van der Waals surface area contributed by atoms with Crippen LogP contribution in [-0.2, 0) is 0 Å². The van der Waals surface area contributed by atoms with E-state index in [1.54, 1.807) is 12.1 Å². The van der Waals surface area contributed by atoms with Gasteiger partial charge < -0.3 is 10.4 Å². The molecule has 0 radical (unpaired) electrons. The topological polar surface area (TPSA) is 49.3 Å². The van der Waals surface area contributed by atoms with Crippen LogP contribution in [0.4, 0.5) is 0 Å². The number of aromatic carboxylic acids is 1. The smallest absolute Gasteiger partial charge is 0.335 e. The number of allylic oxidation sites excluding steroid dienone is 2. The number of hydrogen-bond acceptors (Lipinski definition) is 2. The van der Waals surface area contributed by atoms with E-state index in [9.17, 15) is 9.90 Å². The molecule has 0 saturated heterocycles. The Labute approximate surface area is 231 Å². The number of carboxylic acid groups (broad SMARTS) is 1. The highest BCUT2D eigenvalue weighted by molar-refractivity contribution is 5.88. The largest absolute Gasteiger partial charge is 0.478 e. The molecule has 0 aliphatic heterocycles. The van der Waals surface area contributed by atoms with E-state index in [0.717, 1.165) is 30.7 Å². The molecule has 38 heavy (non-hydrogen) atoms. The minimum Gasteiger partial charge on any atom is -0.478 e. The van der Waals surface area contributed by atoms with Gasteiger partial charge in [-0.3, -0.25) is 0 Å². The second-order valence-electron chi connectivity index (χ2n) is 15.3. The number of fused-ring (bicyclic) bond motifs is 7. The molecule has 1 aromatic carbocycles. The highest BCUT2D eigenvalue weighted by atomic mass is 16.4. The number of carboxylic acids is 1.